The Hall–Kier alpha value is -3.49. The van der Waals surface area contributed by atoms with Crippen LogP contribution in [-0.4, -0.2) is 59.3 Å². The number of amides is 2. The number of nitrogens with zero attached hydrogens (tertiary/aromatic N) is 4. The Bertz CT molecular complexity index is 1050. The number of aryl methyl sites for hydroxylation is 2. The van der Waals surface area contributed by atoms with Crippen LogP contribution in [-0.2, 0) is 4.79 Å². The molecule has 1 unspecified atom stereocenters. The molecule has 2 aliphatic rings. The summed E-state index contributed by atoms with van der Waals surface area (Å²) >= 11 is 0. The van der Waals surface area contributed by atoms with E-state index < -0.39 is 10.8 Å². The lowest BCUT2D eigenvalue weighted by Crippen LogP contribution is -2.49. The minimum absolute atomic E-state index is 0.0604. The van der Waals surface area contributed by atoms with Crippen molar-refractivity contribution >= 4 is 23.3 Å². The molecular formula is C22H25N5O4. The molecule has 1 aromatic heterocycles. The van der Waals surface area contributed by atoms with E-state index in [1.165, 1.54) is 12.1 Å². The number of carbonyl (C=O) groups is 2. The van der Waals surface area contributed by atoms with E-state index in [0.717, 1.165) is 16.9 Å². The Morgan fingerprint density at radius 1 is 1.19 bits per heavy atom. The number of anilines is 1. The van der Waals surface area contributed by atoms with Crippen LogP contribution in [0.5, 0.6) is 0 Å². The highest BCUT2D eigenvalue weighted by molar-refractivity contribution is 5.98. The van der Waals surface area contributed by atoms with Crippen LogP contribution in [0.1, 0.15) is 39.4 Å². The van der Waals surface area contributed by atoms with Crippen LogP contribution in [0.15, 0.2) is 30.5 Å². The first-order chi connectivity index (χ1) is 14.8. The van der Waals surface area contributed by atoms with Gasteiger partial charge in [0.25, 0.3) is 11.6 Å². The highest BCUT2D eigenvalue weighted by Gasteiger charge is 2.31. The van der Waals surface area contributed by atoms with Gasteiger partial charge in [0.1, 0.15) is 11.4 Å². The molecule has 0 saturated carbocycles. The second-order valence-corrected chi connectivity index (χ2v) is 8.10. The van der Waals surface area contributed by atoms with E-state index in [4.69, 9.17) is 0 Å². The molecule has 162 valence electrons. The third-order valence-corrected chi connectivity index (χ3v) is 5.95. The van der Waals surface area contributed by atoms with Crippen LogP contribution < -0.4 is 10.2 Å². The molecule has 2 fully saturated rings. The van der Waals surface area contributed by atoms with E-state index in [1.807, 2.05) is 20.0 Å². The molecule has 1 aromatic carbocycles. The predicted molar refractivity (Wildman–Crippen MR) is 115 cm³/mol. The van der Waals surface area contributed by atoms with Crippen LogP contribution in [0.25, 0.3) is 0 Å². The topological polar surface area (TPSA) is 109 Å². The van der Waals surface area contributed by atoms with Gasteiger partial charge in [0.15, 0.2) is 0 Å². The summed E-state index contributed by atoms with van der Waals surface area (Å²) in [5, 5.41) is 14.4. The number of carbonyl (C=O) groups excluding carboxylic acids is 2. The van der Waals surface area contributed by atoms with E-state index in [9.17, 15) is 19.7 Å². The Balaban J connectivity index is 1.50. The number of aromatic nitrogens is 1. The number of rotatable bonds is 4. The van der Waals surface area contributed by atoms with Crippen LogP contribution in [0.4, 0.5) is 11.5 Å². The van der Waals surface area contributed by atoms with Crippen LogP contribution in [0.2, 0.25) is 0 Å². The van der Waals surface area contributed by atoms with Gasteiger partial charge in [0, 0.05) is 45.0 Å². The first-order valence-corrected chi connectivity index (χ1v) is 10.4. The summed E-state index contributed by atoms with van der Waals surface area (Å²) in [6.07, 6.45) is 2.42. The summed E-state index contributed by atoms with van der Waals surface area (Å²) in [6.45, 7) is 6.70. The third-order valence-electron chi connectivity index (χ3n) is 5.95. The molecule has 0 radical (unpaired) electrons. The van der Waals surface area contributed by atoms with Gasteiger partial charge in [0.05, 0.1) is 10.8 Å². The molecule has 3 heterocycles. The normalized spacial score (nSPS) is 18.8. The van der Waals surface area contributed by atoms with Crippen molar-refractivity contribution in [2.75, 3.05) is 37.6 Å². The van der Waals surface area contributed by atoms with E-state index in [1.54, 1.807) is 11.0 Å². The smallest absolute Gasteiger partial charge is 0.282 e. The second-order valence-electron chi connectivity index (χ2n) is 8.10. The fourth-order valence-corrected chi connectivity index (χ4v) is 4.34. The third kappa shape index (κ3) is 4.08. The average Bonchev–Trinajstić information content (AvgIpc) is 3.19. The van der Waals surface area contributed by atoms with Crippen molar-refractivity contribution < 1.29 is 14.5 Å². The number of piperazine rings is 1. The van der Waals surface area contributed by atoms with E-state index in [-0.39, 0.29) is 23.1 Å². The lowest BCUT2D eigenvalue weighted by molar-refractivity contribution is -0.385. The van der Waals surface area contributed by atoms with Gasteiger partial charge in [-0.05, 0) is 43.0 Å². The number of pyridine rings is 1. The number of hydrogen-bond donors (Lipinski definition) is 1. The highest BCUT2D eigenvalue weighted by atomic mass is 16.6. The molecule has 9 nitrogen and oxygen atoms in total. The summed E-state index contributed by atoms with van der Waals surface area (Å²) < 4.78 is 0. The van der Waals surface area contributed by atoms with Gasteiger partial charge in [-0.2, -0.15) is 0 Å². The zero-order chi connectivity index (χ0) is 22.1. The molecule has 31 heavy (non-hydrogen) atoms. The molecule has 9 heteroatoms. The number of nitro benzene ring substituents is 1. The maximum Gasteiger partial charge on any atom is 0.282 e. The van der Waals surface area contributed by atoms with Gasteiger partial charge >= 0.3 is 0 Å². The highest BCUT2D eigenvalue weighted by Crippen LogP contribution is 2.30. The van der Waals surface area contributed by atoms with Crippen molar-refractivity contribution in [3.05, 3.63) is 62.8 Å². The predicted octanol–water partition coefficient (Wildman–Crippen LogP) is 2.17. The quantitative estimate of drug-likeness (QED) is 0.596. The monoisotopic (exact) mass is 423 g/mol. The molecule has 2 aliphatic heterocycles. The molecule has 0 aliphatic carbocycles. The van der Waals surface area contributed by atoms with Gasteiger partial charge in [-0.15, -0.1) is 0 Å². The Kier molecular flexibility index (Phi) is 5.58. The van der Waals surface area contributed by atoms with Crippen molar-refractivity contribution in [1.82, 2.24) is 15.2 Å². The molecule has 4 rings (SSSR count). The molecule has 1 N–H and O–H groups in total. The van der Waals surface area contributed by atoms with Gasteiger partial charge in [-0.1, -0.05) is 12.1 Å². The lowest BCUT2D eigenvalue weighted by atomic mass is 9.95. The molecule has 0 bridgehead atoms. The van der Waals surface area contributed by atoms with Gasteiger partial charge in [-0.3, -0.25) is 19.7 Å². The molecule has 2 aromatic rings. The van der Waals surface area contributed by atoms with Crippen molar-refractivity contribution in [2.45, 2.75) is 26.2 Å². The first kappa shape index (κ1) is 20.8. The molecular weight excluding hydrogens is 398 g/mol. The fourth-order valence-electron chi connectivity index (χ4n) is 4.34. The Morgan fingerprint density at radius 2 is 1.94 bits per heavy atom. The number of hydrogen-bond acceptors (Lipinski definition) is 6. The van der Waals surface area contributed by atoms with Crippen molar-refractivity contribution in [1.29, 1.82) is 0 Å². The van der Waals surface area contributed by atoms with Crippen molar-refractivity contribution in [2.24, 2.45) is 0 Å². The van der Waals surface area contributed by atoms with Crippen LogP contribution >= 0.6 is 0 Å². The Labute approximate surface area is 180 Å². The second kappa shape index (κ2) is 8.33. The summed E-state index contributed by atoms with van der Waals surface area (Å²) in [7, 11) is 0. The SMILES string of the molecule is Cc1cnc(N2CCN(C(=O)c3ccc(C4CCNC4=O)cc3[N+](=O)[O-])CC2)c(C)c1. The summed E-state index contributed by atoms with van der Waals surface area (Å²) in [5.74, 6) is 0.00591. The number of benzene rings is 1. The maximum atomic E-state index is 13.1. The van der Waals surface area contributed by atoms with Crippen molar-refractivity contribution in [3.63, 3.8) is 0 Å². The van der Waals surface area contributed by atoms with E-state index >= 15 is 0 Å². The van der Waals surface area contributed by atoms with Gasteiger partial charge < -0.3 is 15.1 Å². The summed E-state index contributed by atoms with van der Waals surface area (Å²) in [6, 6.07) is 6.60. The minimum atomic E-state index is -0.542. The van der Waals surface area contributed by atoms with Crippen LogP contribution in [0.3, 0.4) is 0 Å². The van der Waals surface area contributed by atoms with E-state index in [0.29, 0.717) is 44.7 Å². The first-order valence-electron chi connectivity index (χ1n) is 10.4. The minimum Gasteiger partial charge on any atom is -0.356 e. The Morgan fingerprint density at radius 3 is 2.55 bits per heavy atom. The fraction of sp³-hybridized carbons (Fsp3) is 0.409. The number of nitrogens with one attached hydrogen (secondary N) is 1. The molecule has 2 amide bonds. The summed E-state index contributed by atoms with van der Waals surface area (Å²) in [4.78, 5) is 44.5. The molecule has 2 saturated heterocycles. The largest absolute Gasteiger partial charge is 0.356 e. The standard InChI is InChI=1S/C22H25N5O4/c1-14-11-15(2)20(24-13-14)25-7-9-26(10-8-25)22(29)18-4-3-16(12-19(18)27(30)31)17-5-6-23-21(17)28/h3-4,11-13,17H,5-10H2,1-2H3,(H,23,28). The molecule has 0 spiro atoms. The van der Waals surface area contributed by atoms with Gasteiger partial charge in [0.2, 0.25) is 5.91 Å². The molecule has 1 atom stereocenters. The number of nitro groups is 1. The van der Waals surface area contributed by atoms with Crippen molar-refractivity contribution in [3.8, 4) is 0 Å². The lowest BCUT2D eigenvalue weighted by Gasteiger charge is -2.36. The summed E-state index contributed by atoms with van der Waals surface area (Å²) in [5.41, 5.74) is 2.57. The van der Waals surface area contributed by atoms with E-state index in [2.05, 4.69) is 21.3 Å². The van der Waals surface area contributed by atoms with Gasteiger partial charge in [-0.25, -0.2) is 4.98 Å². The zero-order valence-corrected chi connectivity index (χ0v) is 17.6. The average molecular weight is 423 g/mol. The maximum absolute atomic E-state index is 13.1. The zero-order valence-electron chi connectivity index (χ0n) is 17.6. The van der Waals surface area contributed by atoms with Crippen LogP contribution in [0, 0.1) is 24.0 Å².